The van der Waals surface area contributed by atoms with E-state index in [2.05, 4.69) is 10.1 Å². The van der Waals surface area contributed by atoms with Crippen LogP contribution in [0, 0.1) is 0 Å². The maximum absolute atomic E-state index is 13.0. The zero-order chi connectivity index (χ0) is 26.3. The van der Waals surface area contributed by atoms with E-state index in [9.17, 15) is 35.9 Å². The molecule has 4 aromatic rings. The van der Waals surface area contributed by atoms with Crippen molar-refractivity contribution in [1.82, 2.24) is 0 Å². The highest BCUT2D eigenvalue weighted by atomic mass is 19.4. The molecule has 0 radical (unpaired) electrons. The molecule has 0 atom stereocenters. The van der Waals surface area contributed by atoms with Crippen LogP contribution >= 0.6 is 0 Å². The molecule has 1 aromatic heterocycles. The summed E-state index contributed by atoms with van der Waals surface area (Å²) in [5.74, 6) is -2.22. The Hall–Kier alpha value is -4.22. The first-order chi connectivity index (χ1) is 16.9. The van der Waals surface area contributed by atoms with Gasteiger partial charge in [0.2, 0.25) is 0 Å². The van der Waals surface area contributed by atoms with E-state index in [0.29, 0.717) is 16.6 Å². The van der Waals surface area contributed by atoms with Gasteiger partial charge in [-0.3, -0.25) is 4.79 Å². The van der Waals surface area contributed by atoms with E-state index in [1.807, 2.05) is 12.1 Å². The van der Waals surface area contributed by atoms with Gasteiger partial charge in [-0.1, -0.05) is 18.2 Å². The van der Waals surface area contributed by atoms with Gasteiger partial charge >= 0.3 is 18.3 Å². The molecule has 0 aliphatic carbocycles. The van der Waals surface area contributed by atoms with Crippen molar-refractivity contribution in [3.05, 3.63) is 71.3 Å². The highest BCUT2D eigenvalue weighted by Crippen LogP contribution is 2.37. The summed E-state index contributed by atoms with van der Waals surface area (Å²) in [4.78, 5) is 24.5. The van der Waals surface area contributed by atoms with Crippen molar-refractivity contribution in [3.63, 3.8) is 0 Å². The summed E-state index contributed by atoms with van der Waals surface area (Å²) in [5.41, 5.74) is -3.23. The number of anilines is 1. The molecular weight excluding hydrogens is 496 g/mol. The minimum absolute atomic E-state index is 0.121. The monoisotopic (exact) mass is 511 g/mol. The molecule has 0 aliphatic rings. The Morgan fingerprint density at radius 1 is 0.861 bits per heavy atom. The molecule has 36 heavy (non-hydrogen) atoms. The van der Waals surface area contributed by atoms with E-state index < -0.39 is 47.5 Å². The molecule has 0 saturated heterocycles. The molecule has 4 rings (SSSR count). The van der Waals surface area contributed by atoms with Gasteiger partial charge in [-0.05, 0) is 30.3 Å². The molecule has 1 amide bonds. The predicted octanol–water partition coefficient (Wildman–Crippen LogP) is 6.43. The molecule has 12 heteroatoms. The minimum Gasteiger partial charge on any atom is -0.495 e. The van der Waals surface area contributed by atoms with Crippen molar-refractivity contribution in [2.24, 2.45) is 0 Å². The zero-order valence-electron chi connectivity index (χ0n) is 18.2. The lowest BCUT2D eigenvalue weighted by molar-refractivity contribution is -0.143. The Balaban J connectivity index is 1.52. The summed E-state index contributed by atoms with van der Waals surface area (Å²) < 4.78 is 93.7. The standard InChI is InChI=1S/C24H15F6NO5/c1-34-20-9-16-15-4-2-3-5-18(15)36-19(16)10-17(20)31-21(32)11-35-22(33)12-6-13(23(25,26)27)8-14(7-12)24(28,29)30/h2-10H,11H2,1H3,(H,31,32). The highest BCUT2D eigenvalue weighted by molar-refractivity contribution is 6.08. The fourth-order valence-corrected chi connectivity index (χ4v) is 3.49. The Morgan fingerprint density at radius 2 is 1.50 bits per heavy atom. The van der Waals surface area contributed by atoms with Crippen molar-refractivity contribution in [2.75, 3.05) is 19.0 Å². The molecule has 1 heterocycles. The number of carbonyl (C=O) groups is 2. The number of hydrogen-bond donors (Lipinski definition) is 1. The second-order valence-corrected chi connectivity index (χ2v) is 7.57. The number of hydrogen-bond acceptors (Lipinski definition) is 5. The third kappa shape index (κ3) is 5.07. The van der Waals surface area contributed by atoms with Crippen molar-refractivity contribution in [3.8, 4) is 5.75 Å². The smallest absolute Gasteiger partial charge is 0.416 e. The summed E-state index contributed by atoms with van der Waals surface area (Å²) >= 11 is 0. The largest absolute Gasteiger partial charge is 0.495 e. The van der Waals surface area contributed by atoms with Gasteiger partial charge in [0.15, 0.2) is 6.61 Å². The number of ether oxygens (including phenoxy) is 2. The van der Waals surface area contributed by atoms with Crippen LogP contribution in [0.25, 0.3) is 21.9 Å². The van der Waals surface area contributed by atoms with Crippen LogP contribution in [-0.4, -0.2) is 25.6 Å². The number of furan rings is 1. The molecule has 0 bridgehead atoms. The molecule has 0 aliphatic heterocycles. The second kappa shape index (κ2) is 9.10. The van der Waals surface area contributed by atoms with E-state index >= 15 is 0 Å². The number of carbonyl (C=O) groups excluding carboxylic acids is 2. The zero-order valence-corrected chi connectivity index (χ0v) is 18.2. The number of nitrogens with one attached hydrogen (secondary N) is 1. The van der Waals surface area contributed by atoms with Gasteiger partial charge in [0.1, 0.15) is 16.9 Å². The van der Waals surface area contributed by atoms with Crippen LogP contribution in [0.5, 0.6) is 5.75 Å². The van der Waals surface area contributed by atoms with Crippen LogP contribution in [-0.2, 0) is 21.9 Å². The molecule has 188 valence electrons. The highest BCUT2D eigenvalue weighted by Gasteiger charge is 2.37. The Bertz CT molecular complexity index is 1440. The number of alkyl halides is 6. The van der Waals surface area contributed by atoms with Gasteiger partial charge in [-0.25, -0.2) is 4.79 Å². The predicted molar refractivity (Wildman–Crippen MR) is 116 cm³/mol. The van der Waals surface area contributed by atoms with Crippen LogP contribution < -0.4 is 10.1 Å². The lowest BCUT2D eigenvalue weighted by atomic mass is 10.0. The maximum atomic E-state index is 13.0. The van der Waals surface area contributed by atoms with Gasteiger partial charge in [-0.2, -0.15) is 26.3 Å². The number of esters is 1. The van der Waals surface area contributed by atoms with Crippen molar-refractivity contribution in [2.45, 2.75) is 12.4 Å². The van der Waals surface area contributed by atoms with Crippen LogP contribution in [0.1, 0.15) is 21.5 Å². The van der Waals surface area contributed by atoms with Gasteiger partial charge in [-0.15, -0.1) is 0 Å². The first-order valence-electron chi connectivity index (χ1n) is 10.1. The molecular formula is C24H15F6NO5. The normalized spacial score (nSPS) is 12.1. The number of amides is 1. The van der Waals surface area contributed by atoms with E-state index in [1.165, 1.54) is 13.2 Å². The van der Waals surface area contributed by atoms with E-state index in [4.69, 9.17) is 9.15 Å². The second-order valence-electron chi connectivity index (χ2n) is 7.57. The quantitative estimate of drug-likeness (QED) is 0.247. The SMILES string of the molecule is COc1cc2c(cc1NC(=O)COC(=O)c1cc(C(F)(F)F)cc(C(F)(F)F)c1)oc1ccccc12. The lowest BCUT2D eigenvalue weighted by Crippen LogP contribution is -2.22. The summed E-state index contributed by atoms with van der Waals surface area (Å²) in [6, 6.07) is 10.6. The number of halogens is 6. The van der Waals surface area contributed by atoms with Crippen LogP contribution in [0.3, 0.4) is 0 Å². The van der Waals surface area contributed by atoms with Crippen molar-refractivity contribution in [1.29, 1.82) is 0 Å². The Kier molecular flexibility index (Phi) is 6.29. The lowest BCUT2D eigenvalue weighted by Gasteiger charge is -2.14. The first kappa shape index (κ1) is 24.9. The molecule has 0 spiro atoms. The number of rotatable bonds is 5. The summed E-state index contributed by atoms with van der Waals surface area (Å²) in [7, 11) is 1.35. The van der Waals surface area contributed by atoms with Crippen molar-refractivity contribution < 1.29 is 49.8 Å². The number of fused-ring (bicyclic) bond motifs is 3. The van der Waals surface area contributed by atoms with Crippen LogP contribution in [0.15, 0.2) is 59.0 Å². The summed E-state index contributed by atoms with van der Waals surface area (Å²) in [6.07, 6.45) is -10.3. The average molecular weight is 511 g/mol. The van der Waals surface area contributed by atoms with Crippen LogP contribution in [0.4, 0.5) is 32.0 Å². The third-order valence-electron chi connectivity index (χ3n) is 5.13. The topological polar surface area (TPSA) is 77.8 Å². The molecule has 0 unspecified atom stereocenters. The molecule has 0 saturated carbocycles. The van der Waals surface area contributed by atoms with Crippen LogP contribution in [0.2, 0.25) is 0 Å². The Morgan fingerprint density at radius 3 is 2.11 bits per heavy atom. The molecule has 1 N–H and O–H groups in total. The number of benzene rings is 3. The van der Waals surface area contributed by atoms with Gasteiger partial charge in [0.25, 0.3) is 5.91 Å². The van der Waals surface area contributed by atoms with E-state index in [0.717, 1.165) is 5.39 Å². The van der Waals surface area contributed by atoms with Gasteiger partial charge in [0, 0.05) is 16.8 Å². The van der Waals surface area contributed by atoms with E-state index in [-0.39, 0.29) is 29.6 Å². The first-order valence-corrected chi connectivity index (χ1v) is 10.1. The average Bonchev–Trinajstić information content (AvgIpc) is 3.17. The summed E-state index contributed by atoms with van der Waals surface area (Å²) in [6.45, 7) is -0.988. The number of para-hydroxylation sites is 1. The fourth-order valence-electron chi connectivity index (χ4n) is 3.49. The van der Waals surface area contributed by atoms with Gasteiger partial charge in [0.05, 0.1) is 29.5 Å². The van der Waals surface area contributed by atoms with E-state index in [1.54, 1.807) is 18.2 Å². The molecule has 6 nitrogen and oxygen atoms in total. The number of methoxy groups -OCH3 is 1. The van der Waals surface area contributed by atoms with Gasteiger partial charge < -0.3 is 19.2 Å². The Labute approximate surface area is 198 Å². The fraction of sp³-hybridized carbons (Fsp3) is 0.167. The maximum Gasteiger partial charge on any atom is 0.416 e. The summed E-state index contributed by atoms with van der Waals surface area (Å²) in [5, 5.41) is 3.92. The van der Waals surface area contributed by atoms with Crippen molar-refractivity contribution >= 4 is 39.5 Å². The third-order valence-corrected chi connectivity index (χ3v) is 5.13. The molecule has 0 fully saturated rings. The molecule has 3 aromatic carbocycles. The minimum atomic E-state index is -5.14.